The molecular weight excluding hydrogens is 312 g/mol. The third-order valence-corrected chi connectivity index (χ3v) is 3.41. The molecule has 1 unspecified atom stereocenters. The molecule has 0 aliphatic carbocycles. The summed E-state index contributed by atoms with van der Waals surface area (Å²) in [5.74, 6) is 0.696. The van der Waals surface area contributed by atoms with Gasteiger partial charge in [-0.25, -0.2) is 0 Å². The van der Waals surface area contributed by atoms with E-state index in [1.54, 1.807) is 18.2 Å². The number of halogens is 1. The molecule has 0 radical (unpaired) electrons. The fraction of sp³-hybridized carbons (Fsp3) is 0.500. The Morgan fingerprint density at radius 2 is 2.32 bits per heavy atom. The van der Waals surface area contributed by atoms with Crippen LogP contribution in [-0.2, 0) is 9.47 Å². The summed E-state index contributed by atoms with van der Waals surface area (Å²) in [7, 11) is 0. The van der Waals surface area contributed by atoms with Crippen LogP contribution >= 0.6 is 15.9 Å². The van der Waals surface area contributed by atoms with Crippen molar-refractivity contribution in [3.63, 3.8) is 0 Å². The molecule has 1 saturated heterocycles. The van der Waals surface area contributed by atoms with Crippen LogP contribution < -0.4 is 4.74 Å². The van der Waals surface area contributed by atoms with E-state index in [0.717, 1.165) is 16.6 Å². The number of ketones is 1. The minimum atomic E-state index is -0.497. The molecule has 0 amide bonds. The summed E-state index contributed by atoms with van der Waals surface area (Å²) in [5, 5.41) is 0. The van der Waals surface area contributed by atoms with Gasteiger partial charge in [0, 0.05) is 5.56 Å². The topological polar surface area (TPSA) is 44.8 Å². The summed E-state index contributed by atoms with van der Waals surface area (Å²) in [4.78, 5) is 12.2. The molecule has 5 heteroatoms. The lowest BCUT2D eigenvalue weighted by Gasteiger charge is -2.22. The van der Waals surface area contributed by atoms with Crippen molar-refractivity contribution in [1.82, 2.24) is 0 Å². The Balaban J connectivity index is 2.07. The minimum absolute atomic E-state index is 0.0533. The van der Waals surface area contributed by atoms with E-state index >= 15 is 0 Å². The van der Waals surface area contributed by atoms with Gasteiger partial charge in [0.1, 0.15) is 11.9 Å². The maximum atomic E-state index is 12.2. The Labute approximate surface area is 121 Å². The van der Waals surface area contributed by atoms with Crippen LogP contribution in [0, 0.1) is 0 Å². The van der Waals surface area contributed by atoms with Gasteiger partial charge >= 0.3 is 0 Å². The van der Waals surface area contributed by atoms with Crippen molar-refractivity contribution in [2.45, 2.75) is 19.4 Å². The summed E-state index contributed by atoms with van der Waals surface area (Å²) in [5.41, 5.74) is 0.603. The van der Waals surface area contributed by atoms with Crippen molar-refractivity contribution < 1.29 is 19.0 Å². The normalized spacial score (nSPS) is 19.2. The molecule has 1 aromatic carbocycles. The number of hydrogen-bond donors (Lipinski definition) is 0. The van der Waals surface area contributed by atoms with Crippen LogP contribution in [0.1, 0.15) is 23.7 Å². The molecule has 19 heavy (non-hydrogen) atoms. The average Bonchev–Trinajstić information content (AvgIpc) is 2.46. The molecular formula is C14H17BrO4. The van der Waals surface area contributed by atoms with E-state index in [1.807, 2.05) is 6.92 Å². The zero-order valence-corrected chi connectivity index (χ0v) is 12.4. The van der Waals surface area contributed by atoms with Crippen molar-refractivity contribution in [1.29, 1.82) is 0 Å². The van der Waals surface area contributed by atoms with E-state index in [2.05, 4.69) is 15.9 Å². The molecule has 0 aromatic heterocycles. The number of carbonyl (C=O) groups excluding carboxylic acids is 1. The van der Waals surface area contributed by atoms with Crippen molar-refractivity contribution in [3.05, 3.63) is 28.2 Å². The molecule has 0 N–H and O–H groups in total. The second kappa shape index (κ2) is 7.03. The molecule has 0 saturated carbocycles. The van der Waals surface area contributed by atoms with Gasteiger partial charge in [-0.3, -0.25) is 4.79 Å². The molecule has 1 heterocycles. The summed E-state index contributed by atoms with van der Waals surface area (Å²) < 4.78 is 17.0. The van der Waals surface area contributed by atoms with Crippen LogP contribution in [0.4, 0.5) is 0 Å². The standard InChI is InChI=1S/C14H17BrO4/c1-2-5-18-12-4-3-10(8-11(12)15)14(16)13-9-17-6-7-19-13/h3-4,8,13H,2,5-7,9H2,1H3. The lowest BCUT2D eigenvalue weighted by Crippen LogP contribution is -2.35. The molecule has 104 valence electrons. The van der Waals surface area contributed by atoms with Crippen LogP contribution in [0.25, 0.3) is 0 Å². The first kappa shape index (κ1) is 14.5. The summed E-state index contributed by atoms with van der Waals surface area (Å²) in [6, 6.07) is 5.33. The predicted molar refractivity (Wildman–Crippen MR) is 74.8 cm³/mol. The van der Waals surface area contributed by atoms with Gasteiger partial charge in [-0.05, 0) is 40.5 Å². The Bertz CT molecular complexity index is 441. The summed E-state index contributed by atoms with van der Waals surface area (Å²) in [6.07, 6.45) is 0.448. The Kier molecular flexibility index (Phi) is 5.36. The lowest BCUT2D eigenvalue weighted by molar-refractivity contribution is -0.0719. The maximum Gasteiger partial charge on any atom is 0.193 e. The van der Waals surface area contributed by atoms with Gasteiger partial charge in [-0.1, -0.05) is 6.92 Å². The van der Waals surface area contributed by atoms with E-state index in [4.69, 9.17) is 14.2 Å². The monoisotopic (exact) mass is 328 g/mol. The van der Waals surface area contributed by atoms with Crippen LogP contribution in [0.5, 0.6) is 5.75 Å². The molecule has 0 spiro atoms. The fourth-order valence-corrected chi connectivity index (χ4v) is 2.30. The quantitative estimate of drug-likeness (QED) is 0.779. The lowest BCUT2D eigenvalue weighted by atomic mass is 10.1. The first-order valence-electron chi connectivity index (χ1n) is 6.38. The largest absolute Gasteiger partial charge is 0.492 e. The second-order valence-electron chi connectivity index (χ2n) is 4.29. The Hall–Kier alpha value is -0.910. The van der Waals surface area contributed by atoms with Crippen LogP contribution in [0.3, 0.4) is 0 Å². The summed E-state index contributed by atoms with van der Waals surface area (Å²) >= 11 is 3.42. The highest BCUT2D eigenvalue weighted by molar-refractivity contribution is 9.10. The number of Topliss-reactive ketones (excluding diaryl/α,β-unsaturated/α-hetero) is 1. The highest BCUT2D eigenvalue weighted by atomic mass is 79.9. The maximum absolute atomic E-state index is 12.2. The van der Waals surface area contributed by atoms with Gasteiger partial charge in [0.25, 0.3) is 0 Å². The Morgan fingerprint density at radius 1 is 1.47 bits per heavy atom. The van der Waals surface area contributed by atoms with E-state index in [0.29, 0.717) is 32.0 Å². The van der Waals surface area contributed by atoms with Crippen molar-refractivity contribution in [2.75, 3.05) is 26.4 Å². The number of rotatable bonds is 5. The van der Waals surface area contributed by atoms with Crippen LogP contribution in [-0.4, -0.2) is 38.3 Å². The van der Waals surface area contributed by atoms with Gasteiger partial charge in [-0.2, -0.15) is 0 Å². The smallest absolute Gasteiger partial charge is 0.193 e. The molecule has 1 aliphatic rings. The molecule has 4 nitrogen and oxygen atoms in total. The third-order valence-electron chi connectivity index (χ3n) is 2.79. The number of carbonyl (C=O) groups is 1. The van der Waals surface area contributed by atoms with E-state index in [1.165, 1.54) is 0 Å². The van der Waals surface area contributed by atoms with Crippen molar-refractivity contribution in [2.24, 2.45) is 0 Å². The second-order valence-corrected chi connectivity index (χ2v) is 5.15. The SMILES string of the molecule is CCCOc1ccc(C(=O)C2COCCO2)cc1Br. The average molecular weight is 329 g/mol. The first-order valence-corrected chi connectivity index (χ1v) is 7.17. The molecule has 2 rings (SSSR count). The van der Waals surface area contributed by atoms with Gasteiger partial charge in [-0.15, -0.1) is 0 Å². The predicted octanol–water partition coefficient (Wildman–Crippen LogP) is 2.84. The van der Waals surface area contributed by atoms with Crippen LogP contribution in [0.15, 0.2) is 22.7 Å². The minimum Gasteiger partial charge on any atom is -0.492 e. The zero-order chi connectivity index (χ0) is 13.7. The highest BCUT2D eigenvalue weighted by Crippen LogP contribution is 2.27. The zero-order valence-electron chi connectivity index (χ0n) is 10.9. The third kappa shape index (κ3) is 3.78. The Morgan fingerprint density at radius 3 is 2.95 bits per heavy atom. The van der Waals surface area contributed by atoms with Crippen LogP contribution in [0.2, 0.25) is 0 Å². The molecule has 1 aromatic rings. The fourth-order valence-electron chi connectivity index (χ4n) is 1.81. The number of ether oxygens (including phenoxy) is 3. The highest BCUT2D eigenvalue weighted by Gasteiger charge is 2.24. The van der Waals surface area contributed by atoms with Gasteiger partial charge in [0.15, 0.2) is 5.78 Å². The molecule has 0 bridgehead atoms. The van der Waals surface area contributed by atoms with Crippen molar-refractivity contribution in [3.8, 4) is 5.75 Å². The molecule has 1 atom stereocenters. The van der Waals surface area contributed by atoms with Gasteiger partial charge in [0.05, 0.1) is 30.9 Å². The van der Waals surface area contributed by atoms with Gasteiger partial charge in [0.2, 0.25) is 0 Å². The van der Waals surface area contributed by atoms with E-state index < -0.39 is 6.10 Å². The van der Waals surface area contributed by atoms with E-state index in [9.17, 15) is 4.79 Å². The molecule has 1 fully saturated rings. The van der Waals surface area contributed by atoms with Crippen molar-refractivity contribution >= 4 is 21.7 Å². The summed E-state index contributed by atoms with van der Waals surface area (Å²) in [6.45, 7) is 4.05. The number of hydrogen-bond acceptors (Lipinski definition) is 4. The van der Waals surface area contributed by atoms with E-state index in [-0.39, 0.29) is 5.78 Å². The van der Waals surface area contributed by atoms with Gasteiger partial charge < -0.3 is 14.2 Å². The number of benzene rings is 1. The molecule has 1 aliphatic heterocycles. The first-order chi connectivity index (χ1) is 9.22.